The molecule has 0 saturated heterocycles. The molecule has 0 bridgehead atoms. The average molecular weight is 323 g/mol. The highest BCUT2D eigenvalue weighted by Crippen LogP contribution is 2.22. The third-order valence-electron chi connectivity index (χ3n) is 3.74. The SMILES string of the molecule is CC(C)(C)c1ccc(C=CC(=O)c2ccc(C(=O)NO)cc2)cc1. The maximum Gasteiger partial charge on any atom is 0.274 e. The largest absolute Gasteiger partial charge is 0.289 e. The highest BCUT2D eigenvalue weighted by atomic mass is 16.5. The summed E-state index contributed by atoms with van der Waals surface area (Å²) in [5, 5.41) is 8.57. The van der Waals surface area contributed by atoms with Crippen molar-refractivity contribution in [2.45, 2.75) is 26.2 Å². The lowest BCUT2D eigenvalue weighted by Gasteiger charge is -2.18. The van der Waals surface area contributed by atoms with Crippen molar-refractivity contribution >= 4 is 17.8 Å². The van der Waals surface area contributed by atoms with Gasteiger partial charge in [-0.25, -0.2) is 5.48 Å². The molecule has 0 saturated carbocycles. The summed E-state index contributed by atoms with van der Waals surface area (Å²) in [5.41, 5.74) is 4.61. The summed E-state index contributed by atoms with van der Waals surface area (Å²) >= 11 is 0. The fourth-order valence-electron chi connectivity index (χ4n) is 2.21. The van der Waals surface area contributed by atoms with Crippen LogP contribution in [-0.2, 0) is 5.41 Å². The maximum atomic E-state index is 12.2. The minimum Gasteiger partial charge on any atom is -0.289 e. The number of carbonyl (C=O) groups excluding carboxylic acids is 2. The highest BCUT2D eigenvalue weighted by molar-refractivity contribution is 6.07. The van der Waals surface area contributed by atoms with E-state index in [-0.39, 0.29) is 16.8 Å². The Labute approximate surface area is 141 Å². The summed E-state index contributed by atoms with van der Waals surface area (Å²) in [4.78, 5) is 23.4. The molecule has 0 aliphatic rings. The third-order valence-corrected chi connectivity index (χ3v) is 3.74. The number of carbonyl (C=O) groups is 2. The Hall–Kier alpha value is -2.72. The molecule has 0 radical (unpaired) electrons. The lowest BCUT2D eigenvalue weighted by molar-refractivity contribution is 0.0706. The van der Waals surface area contributed by atoms with Crippen molar-refractivity contribution in [3.05, 3.63) is 76.9 Å². The minimum atomic E-state index is -0.608. The molecule has 2 aromatic rings. The van der Waals surface area contributed by atoms with Gasteiger partial charge in [0.25, 0.3) is 5.91 Å². The average Bonchev–Trinajstić information content (AvgIpc) is 2.58. The third kappa shape index (κ3) is 4.40. The predicted molar refractivity (Wildman–Crippen MR) is 94.2 cm³/mol. The van der Waals surface area contributed by atoms with Crippen LogP contribution in [-0.4, -0.2) is 16.9 Å². The molecule has 0 fully saturated rings. The first-order valence-corrected chi connectivity index (χ1v) is 7.69. The molecule has 24 heavy (non-hydrogen) atoms. The van der Waals surface area contributed by atoms with Gasteiger partial charge in [-0.3, -0.25) is 14.8 Å². The topological polar surface area (TPSA) is 66.4 Å². The van der Waals surface area contributed by atoms with Crippen LogP contribution in [0.4, 0.5) is 0 Å². The van der Waals surface area contributed by atoms with E-state index < -0.39 is 5.91 Å². The Morgan fingerprint density at radius 3 is 1.96 bits per heavy atom. The van der Waals surface area contributed by atoms with Gasteiger partial charge in [-0.15, -0.1) is 0 Å². The van der Waals surface area contributed by atoms with Crippen LogP contribution >= 0.6 is 0 Å². The Balaban J connectivity index is 2.08. The lowest BCUT2D eigenvalue weighted by Crippen LogP contribution is -2.18. The van der Waals surface area contributed by atoms with Crippen LogP contribution in [0.25, 0.3) is 6.08 Å². The number of allylic oxidation sites excluding steroid dienone is 1. The quantitative estimate of drug-likeness (QED) is 0.387. The molecule has 0 heterocycles. The van der Waals surface area contributed by atoms with Gasteiger partial charge in [0, 0.05) is 11.1 Å². The van der Waals surface area contributed by atoms with E-state index in [0.717, 1.165) is 5.56 Å². The van der Waals surface area contributed by atoms with Gasteiger partial charge in [-0.1, -0.05) is 63.2 Å². The number of hydrogen-bond donors (Lipinski definition) is 2. The van der Waals surface area contributed by atoms with Crippen LogP contribution in [0.2, 0.25) is 0 Å². The van der Waals surface area contributed by atoms with Crippen molar-refractivity contribution in [2.75, 3.05) is 0 Å². The molecular weight excluding hydrogens is 302 g/mol. The summed E-state index contributed by atoms with van der Waals surface area (Å²) in [6.07, 6.45) is 3.27. The normalized spacial score (nSPS) is 11.5. The summed E-state index contributed by atoms with van der Waals surface area (Å²) in [5.74, 6) is -0.755. The van der Waals surface area contributed by atoms with Crippen molar-refractivity contribution in [2.24, 2.45) is 0 Å². The Morgan fingerprint density at radius 1 is 0.917 bits per heavy atom. The van der Waals surface area contributed by atoms with E-state index in [1.54, 1.807) is 23.7 Å². The molecule has 0 aromatic heterocycles. The first kappa shape index (κ1) is 17.6. The number of nitrogens with one attached hydrogen (secondary N) is 1. The van der Waals surface area contributed by atoms with E-state index in [0.29, 0.717) is 5.56 Å². The smallest absolute Gasteiger partial charge is 0.274 e. The van der Waals surface area contributed by atoms with E-state index in [2.05, 4.69) is 32.9 Å². The van der Waals surface area contributed by atoms with Crippen LogP contribution in [0, 0.1) is 0 Å². The Morgan fingerprint density at radius 2 is 1.46 bits per heavy atom. The predicted octanol–water partition coefficient (Wildman–Crippen LogP) is 4.00. The molecule has 1 amide bonds. The lowest BCUT2D eigenvalue weighted by atomic mass is 9.87. The number of benzene rings is 2. The van der Waals surface area contributed by atoms with Gasteiger partial charge in [-0.05, 0) is 34.8 Å². The molecule has 2 N–H and O–H groups in total. The number of rotatable bonds is 4. The van der Waals surface area contributed by atoms with Crippen molar-refractivity contribution in [3.63, 3.8) is 0 Å². The number of hydroxylamine groups is 1. The van der Waals surface area contributed by atoms with Crippen LogP contribution in [0.5, 0.6) is 0 Å². The fraction of sp³-hybridized carbons (Fsp3) is 0.200. The van der Waals surface area contributed by atoms with E-state index >= 15 is 0 Å². The van der Waals surface area contributed by atoms with E-state index in [9.17, 15) is 9.59 Å². The zero-order valence-electron chi connectivity index (χ0n) is 14.0. The molecule has 2 aromatic carbocycles. The Bertz CT molecular complexity index is 751. The maximum absolute atomic E-state index is 12.2. The summed E-state index contributed by atoms with van der Waals surface area (Å²) < 4.78 is 0. The van der Waals surface area contributed by atoms with E-state index in [4.69, 9.17) is 5.21 Å². The van der Waals surface area contributed by atoms with Gasteiger partial charge >= 0.3 is 0 Å². The zero-order valence-corrected chi connectivity index (χ0v) is 14.0. The van der Waals surface area contributed by atoms with Gasteiger partial charge in [0.15, 0.2) is 5.78 Å². The monoisotopic (exact) mass is 323 g/mol. The molecule has 0 unspecified atom stereocenters. The van der Waals surface area contributed by atoms with Gasteiger partial charge in [0.2, 0.25) is 0 Å². The molecule has 0 aliphatic carbocycles. The highest BCUT2D eigenvalue weighted by Gasteiger charge is 2.12. The van der Waals surface area contributed by atoms with Crippen LogP contribution in [0.3, 0.4) is 0 Å². The van der Waals surface area contributed by atoms with Crippen molar-refractivity contribution in [1.82, 2.24) is 5.48 Å². The molecule has 4 nitrogen and oxygen atoms in total. The summed E-state index contributed by atoms with van der Waals surface area (Å²) in [7, 11) is 0. The van der Waals surface area contributed by atoms with Crippen molar-refractivity contribution in [3.8, 4) is 0 Å². The standard InChI is InChI=1S/C20H21NO3/c1-20(2,3)17-11-4-14(5-12-17)6-13-18(22)15-7-9-16(10-8-15)19(23)21-24/h4-13,24H,1-3H3,(H,21,23). The Kier molecular flexibility index (Phi) is 5.31. The van der Waals surface area contributed by atoms with Crippen LogP contribution in [0.15, 0.2) is 54.6 Å². The van der Waals surface area contributed by atoms with Crippen LogP contribution < -0.4 is 5.48 Å². The fourth-order valence-corrected chi connectivity index (χ4v) is 2.21. The van der Waals surface area contributed by atoms with E-state index in [1.165, 1.54) is 23.8 Å². The summed E-state index contributed by atoms with van der Waals surface area (Å²) in [6, 6.07) is 14.2. The first-order valence-electron chi connectivity index (χ1n) is 7.69. The van der Waals surface area contributed by atoms with Crippen LogP contribution in [0.1, 0.15) is 52.6 Å². The molecule has 2 rings (SSSR count). The van der Waals surface area contributed by atoms with Gasteiger partial charge in [-0.2, -0.15) is 0 Å². The minimum absolute atomic E-state index is 0.0979. The second kappa shape index (κ2) is 7.23. The molecule has 0 spiro atoms. The molecular formula is C20H21NO3. The van der Waals surface area contributed by atoms with Crippen molar-refractivity contribution in [1.29, 1.82) is 0 Å². The molecule has 124 valence electrons. The van der Waals surface area contributed by atoms with Gasteiger partial charge < -0.3 is 0 Å². The second-order valence-electron chi connectivity index (χ2n) is 6.59. The van der Waals surface area contributed by atoms with E-state index in [1.807, 2.05) is 12.1 Å². The molecule has 0 aliphatic heterocycles. The number of ketones is 1. The van der Waals surface area contributed by atoms with Crippen molar-refractivity contribution < 1.29 is 14.8 Å². The van der Waals surface area contributed by atoms with Gasteiger partial charge in [0.05, 0.1) is 0 Å². The zero-order chi connectivity index (χ0) is 17.7. The first-order chi connectivity index (χ1) is 11.3. The number of hydrogen-bond acceptors (Lipinski definition) is 3. The molecule has 0 atom stereocenters. The second-order valence-corrected chi connectivity index (χ2v) is 6.59. The summed E-state index contributed by atoms with van der Waals surface area (Å²) in [6.45, 7) is 6.46. The van der Waals surface area contributed by atoms with Gasteiger partial charge in [0.1, 0.15) is 0 Å². The number of amides is 1. The molecule has 4 heteroatoms.